The lowest BCUT2D eigenvalue weighted by atomic mass is 10.1. The van der Waals surface area contributed by atoms with Gasteiger partial charge in [-0.2, -0.15) is 0 Å². The van der Waals surface area contributed by atoms with Crippen LogP contribution in [0.5, 0.6) is 0 Å². The Labute approximate surface area is 141 Å². The van der Waals surface area contributed by atoms with Crippen LogP contribution < -0.4 is 5.32 Å². The molecule has 0 saturated carbocycles. The van der Waals surface area contributed by atoms with Crippen molar-refractivity contribution < 1.29 is 19.5 Å². The monoisotopic (exact) mass is 332 g/mol. The number of nitrogens with one attached hydrogen (secondary N) is 1. The maximum absolute atomic E-state index is 12.1. The zero-order valence-corrected chi connectivity index (χ0v) is 13.8. The molecule has 1 fully saturated rings. The van der Waals surface area contributed by atoms with E-state index < -0.39 is 5.97 Å². The van der Waals surface area contributed by atoms with Gasteiger partial charge in [-0.3, -0.25) is 9.59 Å². The molecular weight excluding hydrogens is 308 g/mol. The summed E-state index contributed by atoms with van der Waals surface area (Å²) in [7, 11) is 0. The van der Waals surface area contributed by atoms with Crippen LogP contribution in [0.3, 0.4) is 0 Å². The molecule has 0 unspecified atom stereocenters. The molecule has 1 saturated heterocycles. The molecular formula is C18H24N2O4. The summed E-state index contributed by atoms with van der Waals surface area (Å²) in [6.07, 6.45) is 4.98. The molecule has 2 N–H and O–H groups in total. The smallest absolute Gasteiger partial charge is 0.335 e. The number of nitrogens with zero attached hydrogens (tertiary/aromatic N) is 1. The van der Waals surface area contributed by atoms with Crippen molar-refractivity contribution in [2.24, 2.45) is 0 Å². The zero-order valence-electron chi connectivity index (χ0n) is 13.8. The van der Waals surface area contributed by atoms with Crippen molar-refractivity contribution in [3.05, 3.63) is 35.4 Å². The van der Waals surface area contributed by atoms with Gasteiger partial charge in [0, 0.05) is 26.1 Å². The third-order valence-corrected chi connectivity index (χ3v) is 4.19. The molecule has 2 amide bonds. The lowest BCUT2D eigenvalue weighted by Gasteiger charge is -2.20. The Morgan fingerprint density at radius 1 is 1.00 bits per heavy atom. The van der Waals surface area contributed by atoms with Crippen molar-refractivity contribution in [2.75, 3.05) is 19.6 Å². The normalized spacial score (nSPS) is 14.8. The van der Waals surface area contributed by atoms with Crippen LogP contribution in [0.25, 0.3) is 0 Å². The van der Waals surface area contributed by atoms with Gasteiger partial charge >= 0.3 is 5.97 Å². The summed E-state index contributed by atoms with van der Waals surface area (Å²) < 4.78 is 0. The molecule has 1 heterocycles. The van der Waals surface area contributed by atoms with E-state index in [4.69, 9.17) is 5.11 Å². The fourth-order valence-corrected chi connectivity index (χ4v) is 2.80. The van der Waals surface area contributed by atoms with Gasteiger partial charge in [-0.1, -0.05) is 25.0 Å². The zero-order chi connectivity index (χ0) is 17.4. The minimum absolute atomic E-state index is 0.100. The maximum Gasteiger partial charge on any atom is 0.335 e. The molecule has 0 spiro atoms. The van der Waals surface area contributed by atoms with Gasteiger partial charge in [0.15, 0.2) is 0 Å². The van der Waals surface area contributed by atoms with Crippen molar-refractivity contribution in [3.8, 4) is 0 Å². The Morgan fingerprint density at radius 3 is 2.21 bits per heavy atom. The highest BCUT2D eigenvalue weighted by molar-refractivity contribution is 5.87. The molecule has 1 aromatic rings. The number of hydrogen-bond donors (Lipinski definition) is 2. The summed E-state index contributed by atoms with van der Waals surface area (Å²) in [5, 5.41) is 11.6. The number of benzene rings is 1. The first-order valence-electron chi connectivity index (χ1n) is 8.43. The molecule has 0 atom stereocenters. The molecule has 0 bridgehead atoms. The lowest BCUT2D eigenvalue weighted by molar-refractivity contribution is -0.131. The van der Waals surface area contributed by atoms with E-state index in [9.17, 15) is 14.4 Å². The second-order valence-electron chi connectivity index (χ2n) is 6.07. The van der Waals surface area contributed by atoms with Gasteiger partial charge < -0.3 is 15.3 Å². The topological polar surface area (TPSA) is 86.7 Å². The number of carbonyl (C=O) groups excluding carboxylic acids is 2. The summed E-state index contributed by atoms with van der Waals surface area (Å²) in [5.74, 6) is -1.05. The van der Waals surface area contributed by atoms with Crippen molar-refractivity contribution in [1.82, 2.24) is 10.2 Å². The molecule has 1 aliphatic heterocycles. The first-order valence-corrected chi connectivity index (χ1v) is 8.43. The van der Waals surface area contributed by atoms with Crippen LogP contribution in [-0.2, 0) is 16.0 Å². The molecule has 24 heavy (non-hydrogen) atoms. The first-order chi connectivity index (χ1) is 11.6. The lowest BCUT2D eigenvalue weighted by Crippen LogP contribution is -2.35. The van der Waals surface area contributed by atoms with E-state index in [0.29, 0.717) is 13.0 Å². The van der Waals surface area contributed by atoms with Crippen LogP contribution in [-0.4, -0.2) is 47.4 Å². The van der Waals surface area contributed by atoms with Crippen molar-refractivity contribution in [2.45, 2.75) is 38.5 Å². The Bertz CT molecular complexity index is 575. The number of aromatic carboxylic acids is 1. The van der Waals surface area contributed by atoms with Crippen LogP contribution >= 0.6 is 0 Å². The summed E-state index contributed by atoms with van der Waals surface area (Å²) in [6, 6.07) is 6.22. The fourth-order valence-electron chi connectivity index (χ4n) is 2.80. The third-order valence-electron chi connectivity index (χ3n) is 4.19. The highest BCUT2D eigenvalue weighted by Gasteiger charge is 2.15. The average molecular weight is 332 g/mol. The van der Waals surface area contributed by atoms with E-state index in [1.165, 1.54) is 25.0 Å². The number of carboxylic acids is 1. The highest BCUT2D eigenvalue weighted by Crippen LogP contribution is 2.10. The molecule has 6 nitrogen and oxygen atoms in total. The molecule has 6 heteroatoms. The Kier molecular flexibility index (Phi) is 6.78. The van der Waals surface area contributed by atoms with Crippen molar-refractivity contribution in [3.63, 3.8) is 0 Å². The van der Waals surface area contributed by atoms with E-state index in [-0.39, 0.29) is 23.8 Å². The van der Waals surface area contributed by atoms with Crippen LogP contribution in [0.2, 0.25) is 0 Å². The average Bonchev–Trinajstić information content (AvgIpc) is 2.84. The molecule has 2 rings (SSSR count). The van der Waals surface area contributed by atoms with Crippen molar-refractivity contribution in [1.29, 1.82) is 0 Å². The molecule has 1 aromatic carbocycles. The van der Waals surface area contributed by atoms with Gasteiger partial charge in [-0.05, 0) is 30.5 Å². The standard InChI is InChI=1S/C18H24N2O4/c21-16(13-14-5-7-15(8-6-14)18(23)24)19-10-9-17(22)20-11-3-1-2-4-12-20/h5-8H,1-4,9-13H2,(H,19,21)(H,23,24). The largest absolute Gasteiger partial charge is 0.478 e. The molecule has 0 aromatic heterocycles. The minimum atomic E-state index is -0.988. The number of carbonyl (C=O) groups is 3. The quantitative estimate of drug-likeness (QED) is 0.832. The maximum atomic E-state index is 12.1. The van der Waals surface area contributed by atoms with Crippen LogP contribution in [0.4, 0.5) is 0 Å². The number of amides is 2. The van der Waals surface area contributed by atoms with Gasteiger partial charge in [0.1, 0.15) is 0 Å². The summed E-state index contributed by atoms with van der Waals surface area (Å²) in [6.45, 7) is 1.98. The second kappa shape index (κ2) is 9.05. The number of hydrogen-bond acceptors (Lipinski definition) is 3. The van der Waals surface area contributed by atoms with E-state index in [2.05, 4.69) is 5.32 Å². The van der Waals surface area contributed by atoms with Gasteiger partial charge in [-0.25, -0.2) is 4.79 Å². The Morgan fingerprint density at radius 2 is 1.62 bits per heavy atom. The number of rotatable bonds is 6. The van der Waals surface area contributed by atoms with E-state index in [0.717, 1.165) is 31.5 Å². The predicted octanol–water partition coefficient (Wildman–Crippen LogP) is 1.84. The SMILES string of the molecule is O=C(Cc1ccc(C(=O)O)cc1)NCCC(=O)N1CCCCCC1. The van der Waals surface area contributed by atoms with Gasteiger partial charge in [-0.15, -0.1) is 0 Å². The van der Waals surface area contributed by atoms with E-state index >= 15 is 0 Å². The molecule has 0 radical (unpaired) electrons. The number of carboxylic acid groups (broad SMARTS) is 1. The molecule has 1 aliphatic rings. The van der Waals surface area contributed by atoms with Gasteiger partial charge in [0.2, 0.25) is 11.8 Å². The Balaban J connectivity index is 1.70. The van der Waals surface area contributed by atoms with Gasteiger partial charge in [0.05, 0.1) is 12.0 Å². The number of likely N-dealkylation sites (tertiary alicyclic amines) is 1. The van der Waals surface area contributed by atoms with E-state index in [1.807, 2.05) is 4.90 Å². The van der Waals surface area contributed by atoms with E-state index in [1.54, 1.807) is 12.1 Å². The first kappa shape index (κ1) is 18.0. The second-order valence-corrected chi connectivity index (χ2v) is 6.07. The minimum Gasteiger partial charge on any atom is -0.478 e. The summed E-state index contributed by atoms with van der Waals surface area (Å²) >= 11 is 0. The summed E-state index contributed by atoms with van der Waals surface area (Å²) in [4.78, 5) is 36.7. The third kappa shape index (κ3) is 5.68. The van der Waals surface area contributed by atoms with Crippen LogP contribution in [0.1, 0.15) is 48.0 Å². The molecule has 130 valence electrons. The predicted molar refractivity (Wildman–Crippen MR) is 89.8 cm³/mol. The highest BCUT2D eigenvalue weighted by atomic mass is 16.4. The Hall–Kier alpha value is -2.37. The summed E-state index contributed by atoms with van der Waals surface area (Å²) in [5.41, 5.74) is 0.943. The van der Waals surface area contributed by atoms with Crippen molar-refractivity contribution >= 4 is 17.8 Å². The molecule has 0 aliphatic carbocycles. The fraction of sp³-hybridized carbons (Fsp3) is 0.500. The van der Waals surface area contributed by atoms with Crippen LogP contribution in [0.15, 0.2) is 24.3 Å². The van der Waals surface area contributed by atoms with Gasteiger partial charge in [0.25, 0.3) is 0 Å². The van der Waals surface area contributed by atoms with Crippen LogP contribution in [0, 0.1) is 0 Å².